The summed E-state index contributed by atoms with van der Waals surface area (Å²) < 4.78 is 11.2. The maximum Gasteiger partial charge on any atom is 0.411 e. The summed E-state index contributed by atoms with van der Waals surface area (Å²) in [6.45, 7) is 8.26. The van der Waals surface area contributed by atoms with Gasteiger partial charge in [-0.1, -0.05) is 78.4 Å². The van der Waals surface area contributed by atoms with Crippen LogP contribution in [-0.2, 0) is 51.6 Å². The molecule has 4 rings (SSSR count). The van der Waals surface area contributed by atoms with Crippen molar-refractivity contribution in [1.29, 1.82) is 0 Å². The Morgan fingerprint density at radius 1 is 0.872 bits per heavy atom. The largest absolute Gasteiger partial charge is 0.459 e. The molecule has 0 bridgehead atoms. The van der Waals surface area contributed by atoms with Crippen LogP contribution in [0, 0.1) is 6.92 Å². The molecular weight excluding hydrogens is 492 g/mol. The third-order valence-electron chi connectivity index (χ3n) is 6.53. The highest BCUT2D eigenvalue weighted by atomic mass is 16.6. The molecule has 2 amide bonds. The Balaban J connectivity index is 1.32. The van der Waals surface area contributed by atoms with Gasteiger partial charge in [-0.3, -0.25) is 9.69 Å². The summed E-state index contributed by atoms with van der Waals surface area (Å²) in [7, 11) is 0. The van der Waals surface area contributed by atoms with Gasteiger partial charge in [-0.2, -0.15) is 0 Å². The second-order valence-corrected chi connectivity index (χ2v) is 11.0. The predicted molar refractivity (Wildman–Crippen MR) is 149 cm³/mol. The van der Waals surface area contributed by atoms with Crippen LogP contribution >= 0.6 is 0 Å². The second kappa shape index (κ2) is 12.2. The molecule has 3 aromatic rings. The highest BCUT2D eigenvalue weighted by Crippen LogP contribution is 2.26. The van der Waals surface area contributed by atoms with Gasteiger partial charge in [0.05, 0.1) is 13.0 Å². The topological polar surface area (TPSA) is 84.9 Å². The number of fused-ring (bicyclic) bond motifs is 1. The standard InChI is InChI=1S/C32H36N2O5/c1-22-9-11-24(12-10-22)19-33-29(35)17-23-13-15-25(16-14-23)21-38-30(36)28-18-26-7-5-6-8-27(26)20-34(28)31(37)39-32(2,3)4/h5-16,28H,17-21H2,1-4H3,(H,33,35)/t28-/m0/s1. The van der Waals surface area contributed by atoms with Crippen LogP contribution in [0.25, 0.3) is 0 Å². The Hall–Kier alpha value is -4.13. The first-order chi connectivity index (χ1) is 18.6. The molecule has 39 heavy (non-hydrogen) atoms. The highest BCUT2D eigenvalue weighted by molar-refractivity contribution is 5.82. The van der Waals surface area contributed by atoms with Crippen molar-refractivity contribution in [3.8, 4) is 0 Å². The first-order valence-electron chi connectivity index (χ1n) is 13.2. The summed E-state index contributed by atoms with van der Waals surface area (Å²) in [5, 5.41) is 2.94. The van der Waals surface area contributed by atoms with Crippen LogP contribution in [0.3, 0.4) is 0 Å². The van der Waals surface area contributed by atoms with Crippen molar-refractivity contribution in [3.05, 3.63) is 106 Å². The molecule has 1 heterocycles. The van der Waals surface area contributed by atoms with Crippen molar-refractivity contribution < 1.29 is 23.9 Å². The van der Waals surface area contributed by atoms with Crippen LogP contribution in [0.5, 0.6) is 0 Å². The highest BCUT2D eigenvalue weighted by Gasteiger charge is 2.37. The number of rotatable bonds is 7. The van der Waals surface area contributed by atoms with E-state index in [9.17, 15) is 14.4 Å². The molecule has 0 spiro atoms. The van der Waals surface area contributed by atoms with Crippen molar-refractivity contribution in [2.24, 2.45) is 0 Å². The fourth-order valence-electron chi connectivity index (χ4n) is 4.40. The number of nitrogens with one attached hydrogen (secondary N) is 1. The molecule has 1 atom stereocenters. The molecule has 0 unspecified atom stereocenters. The van der Waals surface area contributed by atoms with E-state index >= 15 is 0 Å². The molecule has 0 saturated heterocycles. The minimum absolute atomic E-state index is 0.0606. The third kappa shape index (κ3) is 7.93. The number of ether oxygens (including phenoxy) is 2. The molecular formula is C32H36N2O5. The molecule has 0 radical (unpaired) electrons. The molecule has 0 saturated carbocycles. The lowest BCUT2D eigenvalue weighted by Crippen LogP contribution is -2.50. The van der Waals surface area contributed by atoms with Crippen LogP contribution in [0.2, 0.25) is 0 Å². The van der Waals surface area contributed by atoms with E-state index in [0.29, 0.717) is 13.0 Å². The first-order valence-corrected chi connectivity index (χ1v) is 13.2. The zero-order valence-corrected chi connectivity index (χ0v) is 23.0. The van der Waals surface area contributed by atoms with Gasteiger partial charge in [0.1, 0.15) is 18.2 Å². The minimum atomic E-state index is -0.772. The van der Waals surface area contributed by atoms with Gasteiger partial charge in [-0.25, -0.2) is 9.59 Å². The van der Waals surface area contributed by atoms with Crippen molar-refractivity contribution in [2.75, 3.05) is 0 Å². The Bertz CT molecular complexity index is 1310. The number of hydrogen-bond donors (Lipinski definition) is 1. The monoisotopic (exact) mass is 528 g/mol. The van der Waals surface area contributed by atoms with Crippen LogP contribution < -0.4 is 5.32 Å². The van der Waals surface area contributed by atoms with Crippen LogP contribution in [0.4, 0.5) is 4.79 Å². The van der Waals surface area contributed by atoms with E-state index < -0.39 is 23.7 Å². The van der Waals surface area contributed by atoms with Crippen LogP contribution in [0.15, 0.2) is 72.8 Å². The molecule has 204 valence electrons. The smallest absolute Gasteiger partial charge is 0.411 e. The fraction of sp³-hybridized carbons (Fsp3) is 0.344. The number of hydrogen-bond acceptors (Lipinski definition) is 5. The van der Waals surface area contributed by atoms with Crippen molar-refractivity contribution in [2.45, 2.75) is 71.9 Å². The van der Waals surface area contributed by atoms with E-state index in [0.717, 1.165) is 27.8 Å². The lowest BCUT2D eigenvalue weighted by atomic mass is 9.94. The molecule has 1 aliphatic rings. The Labute approximate surface area is 230 Å². The van der Waals surface area contributed by atoms with Crippen LogP contribution in [0.1, 0.15) is 54.2 Å². The van der Waals surface area contributed by atoms with E-state index in [1.807, 2.05) is 79.7 Å². The molecule has 1 N–H and O–H groups in total. The zero-order valence-electron chi connectivity index (χ0n) is 23.0. The summed E-state index contributed by atoms with van der Waals surface area (Å²) >= 11 is 0. The quantitative estimate of drug-likeness (QED) is 0.423. The maximum atomic E-state index is 13.2. The summed E-state index contributed by atoms with van der Waals surface area (Å²) in [6, 6.07) is 22.5. The second-order valence-electron chi connectivity index (χ2n) is 11.0. The Morgan fingerprint density at radius 2 is 1.49 bits per heavy atom. The van der Waals surface area contributed by atoms with Crippen molar-refractivity contribution in [3.63, 3.8) is 0 Å². The van der Waals surface area contributed by atoms with E-state index in [1.165, 1.54) is 10.5 Å². The van der Waals surface area contributed by atoms with Gasteiger partial charge in [-0.15, -0.1) is 0 Å². The predicted octanol–water partition coefficient (Wildman–Crippen LogP) is 5.26. The van der Waals surface area contributed by atoms with E-state index in [2.05, 4.69) is 5.32 Å². The molecule has 3 aromatic carbocycles. The average molecular weight is 529 g/mol. The van der Waals surface area contributed by atoms with Gasteiger partial charge in [0, 0.05) is 13.0 Å². The van der Waals surface area contributed by atoms with Crippen LogP contribution in [-0.4, -0.2) is 34.5 Å². The number of carbonyl (C=O) groups is 3. The van der Waals surface area contributed by atoms with E-state index in [4.69, 9.17) is 9.47 Å². The van der Waals surface area contributed by atoms with Gasteiger partial charge < -0.3 is 14.8 Å². The Kier molecular flexibility index (Phi) is 8.69. The van der Waals surface area contributed by atoms with Gasteiger partial charge in [0.2, 0.25) is 5.91 Å². The normalized spacial score (nSPS) is 14.8. The number of aryl methyl sites for hydroxylation is 1. The maximum absolute atomic E-state index is 13.2. The summed E-state index contributed by atoms with van der Waals surface area (Å²) in [5.74, 6) is -0.538. The van der Waals surface area contributed by atoms with Gasteiger partial charge in [0.25, 0.3) is 0 Å². The third-order valence-corrected chi connectivity index (χ3v) is 6.53. The molecule has 7 heteroatoms. The summed E-state index contributed by atoms with van der Waals surface area (Å²) in [4.78, 5) is 39.9. The van der Waals surface area contributed by atoms with Gasteiger partial charge in [0.15, 0.2) is 0 Å². The van der Waals surface area contributed by atoms with E-state index in [-0.39, 0.29) is 25.5 Å². The first kappa shape index (κ1) is 27.9. The number of benzene rings is 3. The fourth-order valence-corrected chi connectivity index (χ4v) is 4.40. The average Bonchev–Trinajstić information content (AvgIpc) is 2.90. The molecule has 1 aliphatic heterocycles. The number of esters is 1. The minimum Gasteiger partial charge on any atom is -0.459 e. The molecule has 0 fully saturated rings. The number of nitrogens with zero attached hydrogens (tertiary/aromatic N) is 1. The SMILES string of the molecule is Cc1ccc(CNC(=O)Cc2ccc(COC(=O)[C@@H]3Cc4ccccc4CN3C(=O)OC(C)(C)C)cc2)cc1. The molecule has 7 nitrogen and oxygen atoms in total. The lowest BCUT2D eigenvalue weighted by molar-refractivity contribution is -0.151. The number of amides is 2. The van der Waals surface area contributed by atoms with Gasteiger partial charge in [-0.05, 0) is 55.5 Å². The molecule has 0 aromatic heterocycles. The number of carbonyl (C=O) groups excluding carboxylic acids is 3. The van der Waals surface area contributed by atoms with Crippen molar-refractivity contribution >= 4 is 18.0 Å². The lowest BCUT2D eigenvalue weighted by Gasteiger charge is -2.36. The zero-order chi connectivity index (χ0) is 28.0. The summed E-state index contributed by atoms with van der Waals surface area (Å²) in [5.41, 5.74) is 5.23. The van der Waals surface area contributed by atoms with Gasteiger partial charge >= 0.3 is 12.1 Å². The molecule has 0 aliphatic carbocycles. The Morgan fingerprint density at radius 3 is 2.15 bits per heavy atom. The van der Waals surface area contributed by atoms with E-state index in [1.54, 1.807) is 20.8 Å². The van der Waals surface area contributed by atoms with Crippen molar-refractivity contribution in [1.82, 2.24) is 10.2 Å². The summed E-state index contributed by atoms with van der Waals surface area (Å²) in [6.07, 6.45) is 0.0901.